The Hall–Kier alpha value is -1.57. The predicted molar refractivity (Wildman–Crippen MR) is 59.8 cm³/mol. The topological polar surface area (TPSA) is 26.3 Å². The van der Waals surface area contributed by atoms with Gasteiger partial charge in [0.25, 0.3) is 0 Å². The third-order valence-electron chi connectivity index (χ3n) is 2.75. The highest BCUT2D eigenvalue weighted by molar-refractivity contribution is 5.93. The molecule has 2 rings (SSSR count). The average Bonchev–Trinajstić information content (AvgIpc) is 3.11. The van der Waals surface area contributed by atoms with Crippen molar-refractivity contribution in [2.24, 2.45) is 0 Å². The molecule has 1 aromatic rings. The molecule has 0 bridgehead atoms. The van der Waals surface area contributed by atoms with Crippen LogP contribution in [-0.4, -0.2) is 13.1 Å². The fourth-order valence-corrected chi connectivity index (χ4v) is 1.72. The van der Waals surface area contributed by atoms with Crippen LogP contribution in [0.4, 0.5) is 0 Å². The summed E-state index contributed by atoms with van der Waals surface area (Å²) in [6, 6.07) is 5.88. The van der Waals surface area contributed by atoms with E-state index in [1.165, 1.54) is 25.5 Å². The summed E-state index contributed by atoms with van der Waals surface area (Å²) >= 11 is 0. The van der Waals surface area contributed by atoms with Gasteiger partial charge < -0.3 is 4.74 Å². The Labute approximate surface area is 89.6 Å². The van der Waals surface area contributed by atoms with Crippen LogP contribution >= 0.6 is 0 Å². The molecule has 0 amide bonds. The number of ether oxygens (including phenoxy) is 1. The molecule has 0 unspecified atom stereocenters. The number of esters is 1. The largest absolute Gasteiger partial charge is 0.465 e. The van der Waals surface area contributed by atoms with Gasteiger partial charge in [-0.1, -0.05) is 24.8 Å². The van der Waals surface area contributed by atoms with E-state index in [9.17, 15) is 4.79 Å². The first-order chi connectivity index (χ1) is 7.26. The number of rotatable bonds is 3. The molecule has 0 N–H and O–H groups in total. The first kappa shape index (κ1) is 9.97. The third-order valence-corrected chi connectivity index (χ3v) is 2.75. The van der Waals surface area contributed by atoms with E-state index in [2.05, 4.69) is 6.58 Å². The molecular formula is C13H14O2. The second-order valence-corrected chi connectivity index (χ2v) is 3.82. The van der Waals surface area contributed by atoms with Crippen molar-refractivity contribution in [3.63, 3.8) is 0 Å². The fourth-order valence-electron chi connectivity index (χ4n) is 1.72. The highest BCUT2D eigenvalue weighted by Gasteiger charge is 2.24. The van der Waals surface area contributed by atoms with Crippen LogP contribution in [0.5, 0.6) is 0 Å². The van der Waals surface area contributed by atoms with Crippen LogP contribution in [0.2, 0.25) is 0 Å². The van der Waals surface area contributed by atoms with Crippen LogP contribution in [0.3, 0.4) is 0 Å². The second kappa shape index (κ2) is 3.89. The molecule has 2 heteroatoms. The molecule has 0 aliphatic heterocycles. The van der Waals surface area contributed by atoms with E-state index in [0.717, 1.165) is 5.56 Å². The number of carbonyl (C=O) groups excluding carboxylic acids is 1. The van der Waals surface area contributed by atoms with Crippen molar-refractivity contribution >= 4 is 12.0 Å². The summed E-state index contributed by atoms with van der Waals surface area (Å²) in [7, 11) is 1.39. The van der Waals surface area contributed by atoms with E-state index in [-0.39, 0.29) is 5.97 Å². The van der Waals surface area contributed by atoms with E-state index < -0.39 is 0 Å². The maximum Gasteiger partial charge on any atom is 0.338 e. The van der Waals surface area contributed by atoms with E-state index in [0.29, 0.717) is 11.5 Å². The predicted octanol–water partition coefficient (Wildman–Crippen LogP) is 2.99. The molecule has 0 aromatic heterocycles. The van der Waals surface area contributed by atoms with Crippen molar-refractivity contribution in [2.45, 2.75) is 18.8 Å². The van der Waals surface area contributed by atoms with Crippen LogP contribution in [0, 0.1) is 0 Å². The van der Waals surface area contributed by atoms with Crippen molar-refractivity contribution in [3.05, 3.63) is 41.5 Å². The van der Waals surface area contributed by atoms with Gasteiger partial charge in [-0.05, 0) is 36.0 Å². The molecule has 1 saturated carbocycles. The van der Waals surface area contributed by atoms with Crippen LogP contribution < -0.4 is 0 Å². The number of hydrogen-bond acceptors (Lipinski definition) is 2. The number of carbonyl (C=O) groups is 1. The van der Waals surface area contributed by atoms with E-state index >= 15 is 0 Å². The maximum absolute atomic E-state index is 11.4. The molecule has 1 aliphatic carbocycles. The number of benzene rings is 1. The third kappa shape index (κ3) is 1.94. The van der Waals surface area contributed by atoms with Crippen LogP contribution in [0.1, 0.15) is 40.2 Å². The quantitative estimate of drug-likeness (QED) is 0.704. The highest BCUT2D eigenvalue weighted by atomic mass is 16.5. The van der Waals surface area contributed by atoms with Gasteiger partial charge in [-0.2, -0.15) is 0 Å². The van der Waals surface area contributed by atoms with E-state index in [1.54, 1.807) is 6.08 Å². The Morgan fingerprint density at radius 3 is 2.80 bits per heavy atom. The molecule has 0 radical (unpaired) electrons. The summed E-state index contributed by atoms with van der Waals surface area (Å²) in [5, 5.41) is 0. The molecule has 78 valence electrons. The number of hydrogen-bond donors (Lipinski definition) is 0. The van der Waals surface area contributed by atoms with Gasteiger partial charge in [0.1, 0.15) is 0 Å². The normalized spacial score (nSPS) is 14.7. The number of methoxy groups -OCH3 is 1. The lowest BCUT2D eigenvalue weighted by molar-refractivity contribution is 0.0600. The van der Waals surface area contributed by atoms with Crippen molar-refractivity contribution < 1.29 is 9.53 Å². The van der Waals surface area contributed by atoms with Crippen LogP contribution in [0.25, 0.3) is 6.08 Å². The molecule has 0 atom stereocenters. The minimum atomic E-state index is -0.299. The molecule has 0 saturated heterocycles. The maximum atomic E-state index is 11.4. The van der Waals surface area contributed by atoms with Crippen molar-refractivity contribution in [3.8, 4) is 0 Å². The molecule has 1 aromatic carbocycles. The van der Waals surface area contributed by atoms with Gasteiger partial charge in [-0.15, -0.1) is 0 Å². The SMILES string of the molecule is C=Cc1cc(C2CC2)ccc1C(=O)OC. The lowest BCUT2D eigenvalue weighted by atomic mass is 10.0. The first-order valence-electron chi connectivity index (χ1n) is 5.11. The lowest BCUT2D eigenvalue weighted by Gasteiger charge is -2.06. The molecule has 0 spiro atoms. The minimum absolute atomic E-state index is 0.299. The molecular weight excluding hydrogens is 188 g/mol. The van der Waals surface area contributed by atoms with Gasteiger partial charge in [0.05, 0.1) is 12.7 Å². The highest BCUT2D eigenvalue weighted by Crippen LogP contribution is 2.40. The van der Waals surface area contributed by atoms with Crippen molar-refractivity contribution in [1.82, 2.24) is 0 Å². The Kier molecular flexibility index (Phi) is 2.58. The van der Waals surface area contributed by atoms with Crippen LogP contribution in [-0.2, 0) is 4.74 Å². The summed E-state index contributed by atoms with van der Waals surface area (Å²) in [6.45, 7) is 3.72. The average molecular weight is 202 g/mol. The molecule has 1 fully saturated rings. The van der Waals surface area contributed by atoms with Crippen molar-refractivity contribution in [1.29, 1.82) is 0 Å². The van der Waals surface area contributed by atoms with Crippen LogP contribution in [0.15, 0.2) is 24.8 Å². The summed E-state index contributed by atoms with van der Waals surface area (Å²) in [5.41, 5.74) is 2.76. The molecule has 2 nitrogen and oxygen atoms in total. The summed E-state index contributed by atoms with van der Waals surface area (Å²) in [4.78, 5) is 11.4. The Bertz CT molecular complexity index is 403. The molecule has 15 heavy (non-hydrogen) atoms. The van der Waals surface area contributed by atoms with Crippen molar-refractivity contribution in [2.75, 3.05) is 7.11 Å². The zero-order valence-electron chi connectivity index (χ0n) is 8.82. The molecule has 0 heterocycles. The Morgan fingerprint density at radius 1 is 1.53 bits per heavy atom. The van der Waals surface area contributed by atoms with Gasteiger partial charge >= 0.3 is 5.97 Å². The summed E-state index contributed by atoms with van der Waals surface area (Å²) in [6.07, 6.45) is 4.22. The smallest absolute Gasteiger partial charge is 0.338 e. The first-order valence-corrected chi connectivity index (χ1v) is 5.11. The minimum Gasteiger partial charge on any atom is -0.465 e. The van der Waals surface area contributed by atoms with Gasteiger partial charge in [0.15, 0.2) is 0 Å². The Morgan fingerprint density at radius 2 is 2.27 bits per heavy atom. The van der Waals surface area contributed by atoms with Gasteiger partial charge in [0.2, 0.25) is 0 Å². The van der Waals surface area contributed by atoms with Gasteiger partial charge in [0, 0.05) is 0 Å². The molecule has 1 aliphatic rings. The Balaban J connectivity index is 2.38. The summed E-state index contributed by atoms with van der Waals surface area (Å²) < 4.78 is 4.71. The second-order valence-electron chi connectivity index (χ2n) is 3.82. The zero-order chi connectivity index (χ0) is 10.8. The standard InChI is InChI=1S/C13H14O2/c1-3-9-8-11(10-4-5-10)6-7-12(9)13(14)15-2/h3,6-8,10H,1,4-5H2,2H3. The lowest BCUT2D eigenvalue weighted by Crippen LogP contribution is -2.03. The monoisotopic (exact) mass is 202 g/mol. The van der Waals surface area contributed by atoms with Gasteiger partial charge in [-0.3, -0.25) is 0 Å². The van der Waals surface area contributed by atoms with Gasteiger partial charge in [-0.25, -0.2) is 4.79 Å². The summed E-state index contributed by atoms with van der Waals surface area (Å²) in [5.74, 6) is 0.391. The zero-order valence-corrected chi connectivity index (χ0v) is 8.82. The fraction of sp³-hybridized carbons (Fsp3) is 0.308. The van der Waals surface area contributed by atoms with E-state index in [4.69, 9.17) is 4.74 Å². The van der Waals surface area contributed by atoms with E-state index in [1.807, 2.05) is 18.2 Å².